The normalized spacial score (nSPS) is 16.3. The molecule has 1 atom stereocenters. The summed E-state index contributed by atoms with van der Waals surface area (Å²) in [7, 11) is -4.61. The highest BCUT2D eigenvalue weighted by molar-refractivity contribution is 7.89. The van der Waals surface area contributed by atoms with Crippen molar-refractivity contribution in [3.05, 3.63) is 34.8 Å². The summed E-state index contributed by atoms with van der Waals surface area (Å²) in [6, 6.07) is 0.997. The van der Waals surface area contributed by atoms with E-state index in [1.807, 2.05) is 0 Å². The molecule has 1 amide bonds. The molecule has 0 aliphatic carbocycles. The van der Waals surface area contributed by atoms with Gasteiger partial charge in [0.15, 0.2) is 5.01 Å². The Labute approximate surface area is 241 Å². The van der Waals surface area contributed by atoms with Crippen LogP contribution in [0.3, 0.4) is 0 Å². The number of hydrogen-bond donors (Lipinski definition) is 2. The van der Waals surface area contributed by atoms with Gasteiger partial charge in [-0.05, 0) is 45.2 Å². The van der Waals surface area contributed by atoms with Crippen LogP contribution in [0.2, 0.25) is 5.02 Å². The SMILES string of the molecule is CC[C@H](NS(=O)(=O)c1ccc(-c2sc(-c3nnc(C(C)(C)O)o3)nc2C(=O)N2CCC(F)CC2)c(Cl)c1)C(F)(F)F. The zero-order valence-electron chi connectivity index (χ0n) is 22.0. The second kappa shape index (κ2) is 11.6. The molecular weight excluding hydrogens is 614 g/mol. The minimum absolute atomic E-state index is 0.0935. The number of sulfonamides is 1. The first kappa shape index (κ1) is 31.3. The highest BCUT2D eigenvalue weighted by Gasteiger charge is 2.41. The Morgan fingerprint density at radius 1 is 1.27 bits per heavy atom. The molecule has 1 aliphatic rings. The standard InChI is InChI=1S/C24H26ClF4N5O5S2/c1-4-16(24(27,28)29)33-41(37,38)13-5-6-14(15(25)11-13)18-17(21(35)34-9-7-12(26)8-10-34)30-20(40-18)19-31-32-22(39-19)23(2,3)36/h5-6,11-12,16,33,36H,4,7-10H2,1-3H3/t16-/m0/s1. The summed E-state index contributed by atoms with van der Waals surface area (Å²) in [4.78, 5) is 19.0. The quantitative estimate of drug-likeness (QED) is 0.331. The zero-order valence-corrected chi connectivity index (χ0v) is 24.4. The Hall–Kier alpha value is -2.66. The van der Waals surface area contributed by atoms with Crippen molar-refractivity contribution in [2.24, 2.45) is 0 Å². The molecular formula is C24H26ClF4N5O5S2. The number of hydrogen-bond acceptors (Lipinski definition) is 9. The summed E-state index contributed by atoms with van der Waals surface area (Å²) in [5.41, 5.74) is -1.38. The van der Waals surface area contributed by atoms with E-state index in [4.69, 9.17) is 16.0 Å². The second-order valence-electron chi connectivity index (χ2n) is 9.90. The molecule has 0 unspecified atom stereocenters. The molecule has 0 spiro atoms. The van der Waals surface area contributed by atoms with E-state index in [0.29, 0.717) is 0 Å². The van der Waals surface area contributed by atoms with E-state index in [1.54, 1.807) is 4.72 Å². The van der Waals surface area contributed by atoms with E-state index in [1.165, 1.54) is 31.7 Å². The average Bonchev–Trinajstić information content (AvgIpc) is 3.54. The molecule has 2 aromatic heterocycles. The third kappa shape index (κ3) is 6.88. The molecule has 3 heterocycles. The number of carbonyl (C=O) groups is 1. The molecule has 17 heteroatoms. The van der Waals surface area contributed by atoms with Crippen molar-refractivity contribution in [3.8, 4) is 21.3 Å². The summed E-state index contributed by atoms with van der Waals surface area (Å²) in [6.07, 6.45) is -6.06. The van der Waals surface area contributed by atoms with Gasteiger partial charge in [0, 0.05) is 18.7 Å². The number of amides is 1. The van der Waals surface area contributed by atoms with Crippen LogP contribution in [0, 0.1) is 0 Å². The monoisotopic (exact) mass is 639 g/mol. The summed E-state index contributed by atoms with van der Waals surface area (Å²) in [6.45, 7) is 4.35. The van der Waals surface area contributed by atoms with Crippen molar-refractivity contribution in [1.82, 2.24) is 24.8 Å². The first-order chi connectivity index (χ1) is 19.0. The minimum atomic E-state index is -4.80. The van der Waals surface area contributed by atoms with Gasteiger partial charge in [0.2, 0.25) is 15.9 Å². The predicted octanol–water partition coefficient (Wildman–Crippen LogP) is 4.93. The molecule has 1 saturated heterocycles. The van der Waals surface area contributed by atoms with Gasteiger partial charge in [0.05, 0.1) is 14.8 Å². The van der Waals surface area contributed by atoms with Crippen LogP contribution in [-0.4, -0.2) is 71.0 Å². The number of benzene rings is 1. The fraction of sp³-hybridized carbons (Fsp3) is 0.500. The largest absolute Gasteiger partial charge is 0.415 e. The lowest BCUT2D eigenvalue weighted by Gasteiger charge is -2.28. The van der Waals surface area contributed by atoms with Gasteiger partial charge >= 0.3 is 6.18 Å². The molecule has 0 saturated carbocycles. The maximum atomic E-state index is 13.7. The Morgan fingerprint density at radius 2 is 1.93 bits per heavy atom. The van der Waals surface area contributed by atoms with Gasteiger partial charge < -0.3 is 14.4 Å². The maximum absolute atomic E-state index is 13.7. The van der Waals surface area contributed by atoms with Crippen LogP contribution in [0.15, 0.2) is 27.5 Å². The van der Waals surface area contributed by atoms with Gasteiger partial charge in [-0.15, -0.1) is 21.5 Å². The molecule has 224 valence electrons. The van der Waals surface area contributed by atoms with Gasteiger partial charge in [-0.3, -0.25) is 4.79 Å². The van der Waals surface area contributed by atoms with E-state index < -0.39 is 51.2 Å². The van der Waals surface area contributed by atoms with Gasteiger partial charge in [-0.25, -0.2) is 17.8 Å². The minimum Gasteiger partial charge on any atom is -0.415 e. The number of nitrogens with one attached hydrogen (secondary N) is 1. The summed E-state index contributed by atoms with van der Waals surface area (Å²) >= 11 is 7.36. The number of thiazole rings is 1. The predicted molar refractivity (Wildman–Crippen MR) is 142 cm³/mol. The fourth-order valence-electron chi connectivity index (χ4n) is 3.98. The van der Waals surface area contributed by atoms with Gasteiger partial charge in [-0.2, -0.15) is 17.9 Å². The fourth-order valence-corrected chi connectivity index (χ4v) is 6.73. The smallest absolute Gasteiger partial charge is 0.404 e. The third-order valence-electron chi connectivity index (χ3n) is 6.27. The maximum Gasteiger partial charge on any atom is 0.404 e. The highest BCUT2D eigenvalue weighted by atomic mass is 35.5. The molecule has 10 nitrogen and oxygen atoms in total. The first-order valence-electron chi connectivity index (χ1n) is 12.4. The lowest BCUT2D eigenvalue weighted by Crippen LogP contribution is -2.44. The van der Waals surface area contributed by atoms with Crippen LogP contribution in [0.4, 0.5) is 17.6 Å². The van der Waals surface area contributed by atoms with Gasteiger partial charge in [-0.1, -0.05) is 24.6 Å². The lowest BCUT2D eigenvalue weighted by molar-refractivity contribution is -0.151. The number of halogens is 5. The number of aromatic nitrogens is 3. The number of aliphatic hydroxyl groups is 1. The third-order valence-corrected chi connectivity index (χ3v) is 9.13. The van der Waals surface area contributed by atoms with Crippen molar-refractivity contribution in [3.63, 3.8) is 0 Å². The number of carbonyl (C=O) groups excluding carboxylic acids is 1. The van der Waals surface area contributed by atoms with Crippen LogP contribution in [0.5, 0.6) is 0 Å². The molecule has 0 bridgehead atoms. The van der Waals surface area contributed by atoms with Crippen molar-refractivity contribution < 1.29 is 40.3 Å². The van der Waals surface area contributed by atoms with E-state index in [0.717, 1.165) is 23.5 Å². The number of alkyl halides is 4. The number of likely N-dealkylation sites (tertiary alicyclic amines) is 1. The van der Waals surface area contributed by atoms with E-state index in [2.05, 4.69) is 15.2 Å². The Bertz CT molecular complexity index is 1530. The Kier molecular flexibility index (Phi) is 8.81. The average molecular weight is 640 g/mol. The summed E-state index contributed by atoms with van der Waals surface area (Å²) in [5, 5.41) is 17.8. The number of nitrogens with zero attached hydrogens (tertiary/aromatic N) is 4. The van der Waals surface area contributed by atoms with Gasteiger partial charge in [0.1, 0.15) is 23.5 Å². The Morgan fingerprint density at radius 3 is 2.46 bits per heavy atom. The summed E-state index contributed by atoms with van der Waals surface area (Å²) < 4.78 is 85.9. The van der Waals surface area contributed by atoms with Crippen molar-refractivity contribution in [2.45, 2.75) is 68.9 Å². The first-order valence-corrected chi connectivity index (χ1v) is 15.1. The van der Waals surface area contributed by atoms with Crippen molar-refractivity contribution >= 4 is 38.9 Å². The molecule has 41 heavy (non-hydrogen) atoms. The molecule has 1 aromatic carbocycles. The molecule has 4 rings (SSSR count). The zero-order chi connectivity index (χ0) is 30.3. The second-order valence-corrected chi connectivity index (χ2v) is 13.0. The molecule has 1 fully saturated rings. The Balaban J connectivity index is 1.75. The summed E-state index contributed by atoms with van der Waals surface area (Å²) in [5.74, 6) is -0.749. The van der Waals surface area contributed by atoms with Crippen molar-refractivity contribution in [2.75, 3.05) is 13.1 Å². The van der Waals surface area contributed by atoms with Crippen LogP contribution >= 0.6 is 22.9 Å². The van der Waals surface area contributed by atoms with E-state index in [-0.39, 0.29) is 63.9 Å². The van der Waals surface area contributed by atoms with Crippen LogP contribution < -0.4 is 4.72 Å². The lowest BCUT2D eigenvalue weighted by atomic mass is 10.1. The van der Waals surface area contributed by atoms with Crippen LogP contribution in [0.25, 0.3) is 21.3 Å². The van der Waals surface area contributed by atoms with Crippen LogP contribution in [0.1, 0.15) is 56.4 Å². The van der Waals surface area contributed by atoms with Crippen molar-refractivity contribution in [1.29, 1.82) is 0 Å². The highest BCUT2D eigenvalue weighted by Crippen LogP contribution is 2.40. The molecule has 1 aliphatic heterocycles. The molecule has 0 radical (unpaired) electrons. The van der Waals surface area contributed by atoms with Gasteiger partial charge in [0.25, 0.3) is 11.8 Å². The van der Waals surface area contributed by atoms with E-state index >= 15 is 0 Å². The number of rotatable bonds is 8. The molecule has 3 aromatic rings. The van der Waals surface area contributed by atoms with Crippen LogP contribution in [-0.2, 0) is 15.6 Å². The van der Waals surface area contributed by atoms with E-state index in [9.17, 15) is 35.9 Å². The topological polar surface area (TPSA) is 139 Å². The molecule has 2 N–H and O–H groups in total. The number of piperidine rings is 1.